The van der Waals surface area contributed by atoms with Crippen molar-refractivity contribution in [2.75, 3.05) is 33.3 Å². The van der Waals surface area contributed by atoms with Crippen LogP contribution in [-0.2, 0) is 4.74 Å². The van der Waals surface area contributed by atoms with Crippen LogP contribution in [0.5, 0.6) is 0 Å². The van der Waals surface area contributed by atoms with E-state index in [1.165, 1.54) is 64.7 Å². The third-order valence-electron chi connectivity index (χ3n) is 5.06. The van der Waals surface area contributed by atoms with E-state index in [9.17, 15) is 0 Å². The molecule has 98 valence electrons. The molecule has 1 saturated carbocycles. The Kier molecular flexibility index (Phi) is 3.69. The lowest BCUT2D eigenvalue weighted by atomic mass is 9.98. The highest BCUT2D eigenvalue weighted by Crippen LogP contribution is 2.30. The molecule has 17 heavy (non-hydrogen) atoms. The normalized spacial score (nSPS) is 40.4. The molecule has 0 aromatic carbocycles. The second kappa shape index (κ2) is 5.25. The van der Waals surface area contributed by atoms with Gasteiger partial charge in [0.1, 0.15) is 0 Å². The molecule has 3 atom stereocenters. The summed E-state index contributed by atoms with van der Waals surface area (Å²) in [4.78, 5) is 5.45. The van der Waals surface area contributed by atoms with Crippen molar-refractivity contribution >= 4 is 0 Å². The number of hydrogen-bond donors (Lipinski definition) is 0. The Morgan fingerprint density at radius 1 is 0.882 bits per heavy atom. The zero-order valence-electron chi connectivity index (χ0n) is 11.1. The van der Waals surface area contributed by atoms with E-state index in [1.807, 2.05) is 7.11 Å². The Labute approximate surface area is 105 Å². The molecule has 3 nitrogen and oxygen atoms in total. The molecule has 0 bridgehead atoms. The minimum Gasteiger partial charge on any atom is -0.380 e. The van der Waals surface area contributed by atoms with Gasteiger partial charge in [0.25, 0.3) is 0 Å². The van der Waals surface area contributed by atoms with Gasteiger partial charge in [-0.1, -0.05) is 6.42 Å². The summed E-state index contributed by atoms with van der Waals surface area (Å²) in [5.74, 6) is 0. The van der Waals surface area contributed by atoms with Crippen molar-refractivity contribution in [2.45, 2.75) is 56.7 Å². The maximum absolute atomic E-state index is 5.66. The molecule has 2 saturated heterocycles. The zero-order chi connectivity index (χ0) is 11.7. The molecule has 1 aliphatic carbocycles. The predicted molar refractivity (Wildman–Crippen MR) is 69.2 cm³/mol. The van der Waals surface area contributed by atoms with Crippen LogP contribution in [0, 0.1) is 0 Å². The van der Waals surface area contributed by atoms with E-state index in [2.05, 4.69) is 9.80 Å². The largest absolute Gasteiger partial charge is 0.380 e. The van der Waals surface area contributed by atoms with Crippen LogP contribution in [0.2, 0.25) is 0 Å². The van der Waals surface area contributed by atoms with Crippen LogP contribution in [0.15, 0.2) is 0 Å². The Hall–Kier alpha value is -0.120. The van der Waals surface area contributed by atoms with Crippen LogP contribution in [0.4, 0.5) is 0 Å². The fraction of sp³-hybridized carbons (Fsp3) is 1.00. The predicted octanol–water partition coefficient (Wildman–Crippen LogP) is 1.72. The lowest BCUT2D eigenvalue weighted by molar-refractivity contribution is -0.0173. The van der Waals surface area contributed by atoms with Gasteiger partial charge in [-0.15, -0.1) is 0 Å². The summed E-state index contributed by atoms with van der Waals surface area (Å²) in [6.45, 7) is 5.19. The number of fused-ring (bicyclic) bond motifs is 1. The second-order valence-electron chi connectivity index (χ2n) is 5.95. The lowest BCUT2D eigenvalue weighted by Gasteiger charge is -2.46. The van der Waals surface area contributed by atoms with Crippen molar-refractivity contribution in [3.05, 3.63) is 0 Å². The quantitative estimate of drug-likeness (QED) is 0.728. The molecule has 2 aliphatic heterocycles. The minimum atomic E-state index is 0.505. The van der Waals surface area contributed by atoms with Crippen molar-refractivity contribution in [2.24, 2.45) is 0 Å². The van der Waals surface area contributed by atoms with E-state index >= 15 is 0 Å². The second-order valence-corrected chi connectivity index (χ2v) is 5.95. The summed E-state index contributed by atoms with van der Waals surface area (Å²) in [7, 11) is 1.89. The van der Waals surface area contributed by atoms with Crippen molar-refractivity contribution < 1.29 is 4.74 Å². The maximum Gasteiger partial charge on any atom is 0.0726 e. The van der Waals surface area contributed by atoms with Gasteiger partial charge in [0, 0.05) is 38.8 Å². The molecule has 0 radical (unpaired) electrons. The van der Waals surface area contributed by atoms with Gasteiger partial charge in [0.05, 0.1) is 6.10 Å². The average molecular weight is 238 g/mol. The van der Waals surface area contributed by atoms with Crippen molar-refractivity contribution in [1.82, 2.24) is 9.80 Å². The Morgan fingerprint density at radius 3 is 2.65 bits per heavy atom. The van der Waals surface area contributed by atoms with Crippen LogP contribution in [0.25, 0.3) is 0 Å². The highest BCUT2D eigenvalue weighted by atomic mass is 16.5. The average Bonchev–Trinajstić information content (AvgIpc) is 2.86. The van der Waals surface area contributed by atoms with Crippen LogP contribution in [0.1, 0.15) is 38.5 Å². The fourth-order valence-electron chi connectivity index (χ4n) is 4.08. The molecule has 3 aliphatic rings. The number of piperazine rings is 1. The first kappa shape index (κ1) is 11.9. The molecule has 2 heterocycles. The number of nitrogens with zero attached hydrogens (tertiary/aromatic N) is 2. The molecule has 0 aromatic heterocycles. The molecule has 3 heteroatoms. The standard InChI is InChI=1S/C14H26N2O/c1-17-14-7-4-6-13(14)16-10-9-15-8-3-2-5-12(15)11-16/h12-14H,2-11H2,1H3. The van der Waals surface area contributed by atoms with E-state index in [4.69, 9.17) is 4.74 Å². The number of piperidine rings is 1. The first-order chi connectivity index (χ1) is 8.38. The summed E-state index contributed by atoms with van der Waals surface area (Å²) >= 11 is 0. The van der Waals surface area contributed by atoms with Crippen molar-refractivity contribution in [3.63, 3.8) is 0 Å². The van der Waals surface area contributed by atoms with Gasteiger partial charge in [-0.25, -0.2) is 0 Å². The highest BCUT2D eigenvalue weighted by Gasteiger charge is 2.37. The molecule has 0 amide bonds. The van der Waals surface area contributed by atoms with Gasteiger partial charge in [-0.3, -0.25) is 9.80 Å². The summed E-state index contributed by atoms with van der Waals surface area (Å²) < 4.78 is 5.66. The van der Waals surface area contributed by atoms with E-state index < -0.39 is 0 Å². The Morgan fingerprint density at radius 2 is 1.76 bits per heavy atom. The van der Waals surface area contributed by atoms with Gasteiger partial charge in [0.2, 0.25) is 0 Å². The fourth-order valence-corrected chi connectivity index (χ4v) is 4.08. The topological polar surface area (TPSA) is 15.7 Å². The number of ether oxygens (including phenoxy) is 1. The smallest absolute Gasteiger partial charge is 0.0726 e. The van der Waals surface area contributed by atoms with Crippen LogP contribution >= 0.6 is 0 Å². The molecule has 3 fully saturated rings. The first-order valence-corrected chi connectivity index (χ1v) is 7.39. The molecule has 0 spiro atoms. The van der Waals surface area contributed by atoms with Gasteiger partial charge in [-0.2, -0.15) is 0 Å². The number of hydrogen-bond acceptors (Lipinski definition) is 3. The molecule has 0 aromatic rings. The molecule has 0 N–H and O–H groups in total. The third-order valence-corrected chi connectivity index (χ3v) is 5.06. The van der Waals surface area contributed by atoms with E-state index in [-0.39, 0.29) is 0 Å². The molecular weight excluding hydrogens is 212 g/mol. The van der Waals surface area contributed by atoms with E-state index in [0.717, 1.165) is 6.04 Å². The highest BCUT2D eigenvalue weighted by molar-refractivity contribution is 4.92. The minimum absolute atomic E-state index is 0.505. The Bertz CT molecular complexity index is 259. The maximum atomic E-state index is 5.66. The van der Waals surface area contributed by atoms with Gasteiger partial charge >= 0.3 is 0 Å². The monoisotopic (exact) mass is 238 g/mol. The van der Waals surface area contributed by atoms with Gasteiger partial charge in [0.15, 0.2) is 0 Å². The van der Waals surface area contributed by atoms with Crippen molar-refractivity contribution in [3.8, 4) is 0 Å². The summed E-state index contributed by atoms with van der Waals surface area (Å²) in [6, 6.07) is 1.56. The number of rotatable bonds is 2. The zero-order valence-corrected chi connectivity index (χ0v) is 11.1. The lowest BCUT2D eigenvalue weighted by Crippen LogP contribution is -2.58. The van der Waals surface area contributed by atoms with Gasteiger partial charge < -0.3 is 4.74 Å². The van der Waals surface area contributed by atoms with Crippen LogP contribution in [-0.4, -0.2) is 61.3 Å². The molecule has 3 unspecified atom stereocenters. The third kappa shape index (κ3) is 2.38. The van der Waals surface area contributed by atoms with Crippen molar-refractivity contribution in [1.29, 1.82) is 0 Å². The SMILES string of the molecule is COC1CCCC1N1CCN2CCCCC2C1. The number of methoxy groups -OCH3 is 1. The van der Waals surface area contributed by atoms with E-state index in [1.54, 1.807) is 0 Å². The summed E-state index contributed by atoms with van der Waals surface area (Å²) in [5.41, 5.74) is 0. The van der Waals surface area contributed by atoms with Crippen LogP contribution in [0.3, 0.4) is 0 Å². The van der Waals surface area contributed by atoms with Crippen LogP contribution < -0.4 is 0 Å². The Balaban J connectivity index is 1.61. The summed E-state index contributed by atoms with van der Waals surface area (Å²) in [5, 5.41) is 0. The summed E-state index contributed by atoms with van der Waals surface area (Å²) in [6.07, 6.45) is 8.75. The molecule has 3 rings (SSSR count). The van der Waals surface area contributed by atoms with E-state index in [0.29, 0.717) is 12.1 Å². The first-order valence-electron chi connectivity index (χ1n) is 7.39. The van der Waals surface area contributed by atoms with Gasteiger partial charge in [-0.05, 0) is 38.6 Å². The molecular formula is C14H26N2O.